The number of carbonyl (C=O) groups is 6. The van der Waals surface area contributed by atoms with Crippen LogP contribution in [0.5, 0.6) is 0 Å². The van der Waals surface area contributed by atoms with Crippen LogP contribution in [0.3, 0.4) is 0 Å². The first kappa shape index (κ1) is 52.5. The molecule has 0 amide bonds. The molecule has 2 aliphatic rings. The van der Waals surface area contributed by atoms with Gasteiger partial charge < -0.3 is 50.5 Å². The minimum atomic E-state index is -1.06. The van der Waals surface area contributed by atoms with Gasteiger partial charge in [0.1, 0.15) is 0 Å². The highest BCUT2D eigenvalue weighted by atomic mass is 16.7. The number of nitrogens with zero attached hydrogens (tertiary/aromatic N) is 8. The van der Waals surface area contributed by atoms with Crippen molar-refractivity contribution in [2.45, 2.75) is 37.9 Å². The number of β-amino-alcohol motifs (C(OH)–C–C–N with tert-alkyl or cyclic N) is 2. The molecule has 0 saturated carbocycles. The van der Waals surface area contributed by atoms with Crippen LogP contribution < -0.4 is 0 Å². The first-order valence-corrected chi connectivity index (χ1v) is 20.3. The van der Waals surface area contributed by atoms with Gasteiger partial charge in [-0.25, -0.2) is 0 Å². The molecule has 60 heavy (non-hydrogen) atoms. The van der Waals surface area contributed by atoms with E-state index in [2.05, 4.69) is 0 Å². The first-order chi connectivity index (χ1) is 28.5. The predicted molar refractivity (Wildman–Crippen MR) is 209 cm³/mol. The molecule has 0 aromatic carbocycles. The zero-order chi connectivity index (χ0) is 44.5. The number of carboxylic acids is 4. The normalized spacial score (nSPS) is 20.4. The van der Waals surface area contributed by atoms with Crippen molar-refractivity contribution in [3.63, 3.8) is 0 Å². The van der Waals surface area contributed by atoms with Gasteiger partial charge in [0.05, 0.1) is 51.6 Å². The van der Waals surface area contributed by atoms with Gasteiger partial charge in [-0.05, 0) is 12.8 Å². The molecule has 24 heteroatoms. The molecule has 0 spiro atoms. The summed E-state index contributed by atoms with van der Waals surface area (Å²) in [5, 5.41) is 79.4. The Morgan fingerprint density at radius 1 is 0.400 bits per heavy atom. The molecule has 346 valence electrons. The van der Waals surface area contributed by atoms with E-state index in [1.165, 1.54) is 10.1 Å². The Labute approximate surface area is 349 Å². The summed E-state index contributed by atoms with van der Waals surface area (Å²) in [5.41, 5.74) is 0. The summed E-state index contributed by atoms with van der Waals surface area (Å²) >= 11 is 0. The van der Waals surface area contributed by atoms with Crippen LogP contribution in [0.4, 0.5) is 0 Å². The SMILES string of the molecule is O=C(O)CN1CCN(CC(O)CO)CCN(CC(=O)O)CCN(OC(=O)CCCCC(=O)ON2CCN(CC(=O)O)CCN(CC(O)CO)CCN(CC(=O)O)CC2)CC1. The fourth-order valence-corrected chi connectivity index (χ4v) is 6.61. The van der Waals surface area contributed by atoms with Crippen LogP contribution >= 0.6 is 0 Å². The summed E-state index contributed by atoms with van der Waals surface area (Å²) in [6, 6.07) is 0. The Bertz CT molecular complexity index is 1160. The van der Waals surface area contributed by atoms with E-state index in [-0.39, 0.29) is 143 Å². The number of rotatable bonds is 21. The van der Waals surface area contributed by atoms with E-state index in [9.17, 15) is 69.6 Å². The molecule has 0 radical (unpaired) electrons. The quantitative estimate of drug-likeness (QED) is 0.0501. The average Bonchev–Trinajstić information content (AvgIpc) is 3.17. The van der Waals surface area contributed by atoms with Gasteiger partial charge in [-0.1, -0.05) is 0 Å². The predicted octanol–water partition coefficient (Wildman–Crippen LogP) is -5.05. The smallest absolute Gasteiger partial charge is 0.325 e. The summed E-state index contributed by atoms with van der Waals surface area (Å²) in [4.78, 5) is 93.8. The highest BCUT2D eigenvalue weighted by molar-refractivity contribution is 5.71. The second-order valence-electron chi connectivity index (χ2n) is 14.9. The van der Waals surface area contributed by atoms with Gasteiger partial charge >= 0.3 is 35.8 Å². The minimum absolute atomic E-state index is 0.0754. The Morgan fingerprint density at radius 3 is 0.867 bits per heavy atom. The maximum atomic E-state index is 13.0. The van der Waals surface area contributed by atoms with Gasteiger partial charge in [-0.2, -0.15) is 0 Å². The molecule has 0 aromatic heterocycles. The number of carboxylic acid groups (broad SMARTS) is 4. The highest BCUT2D eigenvalue weighted by Gasteiger charge is 2.24. The summed E-state index contributed by atoms with van der Waals surface area (Å²) in [7, 11) is 0. The molecule has 2 aliphatic heterocycles. The van der Waals surface area contributed by atoms with Crippen molar-refractivity contribution in [2.24, 2.45) is 0 Å². The lowest BCUT2D eigenvalue weighted by molar-refractivity contribution is -0.195. The third-order valence-corrected chi connectivity index (χ3v) is 9.86. The van der Waals surface area contributed by atoms with Crippen molar-refractivity contribution in [1.82, 2.24) is 39.5 Å². The average molecular weight is 867 g/mol. The zero-order valence-corrected chi connectivity index (χ0v) is 34.4. The van der Waals surface area contributed by atoms with Crippen LogP contribution in [0.15, 0.2) is 0 Å². The molecule has 2 saturated heterocycles. The van der Waals surface area contributed by atoms with E-state index in [0.717, 1.165) is 0 Å². The van der Waals surface area contributed by atoms with Crippen molar-refractivity contribution in [3.05, 3.63) is 0 Å². The molecule has 2 rings (SSSR count). The number of hydrogen-bond acceptors (Lipinski definition) is 20. The van der Waals surface area contributed by atoms with Crippen LogP contribution in [-0.4, -0.2) is 286 Å². The van der Waals surface area contributed by atoms with E-state index in [1.54, 1.807) is 19.6 Å². The molecule has 0 aromatic rings. The van der Waals surface area contributed by atoms with Crippen LogP contribution in [0.25, 0.3) is 0 Å². The third-order valence-electron chi connectivity index (χ3n) is 9.86. The largest absolute Gasteiger partial charge is 0.480 e. The Morgan fingerprint density at radius 2 is 0.633 bits per heavy atom. The van der Waals surface area contributed by atoms with Crippen molar-refractivity contribution >= 4 is 35.8 Å². The van der Waals surface area contributed by atoms with Crippen LogP contribution in [0.1, 0.15) is 25.7 Å². The molecule has 2 fully saturated rings. The van der Waals surface area contributed by atoms with Gasteiger partial charge in [-0.3, -0.25) is 58.2 Å². The number of hydrogen-bond donors (Lipinski definition) is 8. The summed E-state index contributed by atoms with van der Waals surface area (Å²) < 4.78 is 0. The van der Waals surface area contributed by atoms with Crippen molar-refractivity contribution in [1.29, 1.82) is 0 Å². The lowest BCUT2D eigenvalue weighted by Gasteiger charge is -2.33. The molecule has 0 aliphatic carbocycles. The summed E-state index contributed by atoms with van der Waals surface area (Å²) in [6.45, 7) is 1.71. The summed E-state index contributed by atoms with van der Waals surface area (Å²) in [5.74, 6) is -5.48. The maximum absolute atomic E-state index is 13.0. The molecule has 8 N–H and O–H groups in total. The number of hydroxylamine groups is 4. The standard InChI is InChI=1S/C36H66N8O16/c45-27-29(47)21-37-5-9-39(23-31(49)50)13-17-43(18-14-40(10-6-37)24-32(51)52)59-35(57)3-1-2-4-36(58)60-44-19-15-41(25-33(53)54)11-7-38(22-30(48)28-46)8-12-42(16-20-44)26-34(55)56/h29-30,45-48H,1-28H2,(H,49,50)(H,51,52)(H,53,54)(H,55,56). The van der Waals surface area contributed by atoms with Crippen LogP contribution in [-0.2, 0) is 38.4 Å². The number of carbonyl (C=O) groups excluding carboxylic acids is 2. The van der Waals surface area contributed by atoms with E-state index in [0.29, 0.717) is 26.2 Å². The maximum Gasteiger partial charge on any atom is 0.325 e. The Balaban J connectivity index is 2.00. The van der Waals surface area contributed by atoms with E-state index in [4.69, 9.17) is 9.68 Å². The third kappa shape index (κ3) is 24.6. The number of aliphatic hydroxyl groups excluding tert-OH is 4. The molecular weight excluding hydrogens is 800 g/mol. The van der Waals surface area contributed by atoms with E-state index < -0.39 is 61.2 Å². The topological polar surface area (TPSA) is 309 Å². The summed E-state index contributed by atoms with van der Waals surface area (Å²) in [6.07, 6.45) is -1.72. The molecule has 0 bridgehead atoms. The van der Waals surface area contributed by atoms with Crippen molar-refractivity contribution < 1.29 is 79.3 Å². The fraction of sp³-hybridized carbons (Fsp3) is 0.833. The van der Waals surface area contributed by atoms with Crippen molar-refractivity contribution in [3.8, 4) is 0 Å². The molecule has 2 unspecified atom stereocenters. The molecular formula is C36H66N8O16. The zero-order valence-electron chi connectivity index (χ0n) is 34.4. The number of aliphatic hydroxyl groups is 4. The monoisotopic (exact) mass is 866 g/mol. The highest BCUT2D eigenvalue weighted by Crippen LogP contribution is 2.09. The second-order valence-corrected chi connectivity index (χ2v) is 14.9. The molecule has 2 atom stereocenters. The van der Waals surface area contributed by atoms with E-state index >= 15 is 0 Å². The van der Waals surface area contributed by atoms with Crippen LogP contribution in [0.2, 0.25) is 0 Å². The fourth-order valence-electron chi connectivity index (χ4n) is 6.61. The van der Waals surface area contributed by atoms with Gasteiger partial charge in [0.15, 0.2) is 0 Å². The molecule has 24 nitrogen and oxygen atoms in total. The lowest BCUT2D eigenvalue weighted by atomic mass is 10.2. The lowest BCUT2D eigenvalue weighted by Crippen LogP contribution is -2.49. The Hall–Kier alpha value is -3.66. The van der Waals surface area contributed by atoms with Crippen LogP contribution in [0, 0.1) is 0 Å². The van der Waals surface area contributed by atoms with Gasteiger partial charge in [0.2, 0.25) is 0 Å². The second kappa shape index (κ2) is 29.6. The number of aliphatic carboxylic acids is 4. The van der Waals surface area contributed by atoms with Crippen molar-refractivity contribution in [2.75, 3.05) is 157 Å². The minimum Gasteiger partial charge on any atom is -0.480 e. The van der Waals surface area contributed by atoms with Gasteiger partial charge in [0.25, 0.3) is 0 Å². The first-order valence-electron chi connectivity index (χ1n) is 20.3. The van der Waals surface area contributed by atoms with Gasteiger partial charge in [0, 0.05) is 131 Å². The van der Waals surface area contributed by atoms with E-state index in [1.807, 2.05) is 9.80 Å². The Kier molecular flexibility index (Phi) is 25.9. The van der Waals surface area contributed by atoms with Gasteiger partial charge in [-0.15, -0.1) is 10.1 Å². The molecule has 2 heterocycles. The number of unbranched alkanes of at least 4 members (excludes halogenated alkanes) is 1.